The lowest BCUT2D eigenvalue weighted by atomic mass is 10.0. The summed E-state index contributed by atoms with van der Waals surface area (Å²) in [5.74, 6) is 2.23. The molecule has 0 N–H and O–H groups in total. The van der Waals surface area contributed by atoms with Gasteiger partial charge in [0.05, 0.1) is 0 Å². The van der Waals surface area contributed by atoms with E-state index in [1.54, 1.807) is 0 Å². The number of rotatable bonds is 4. The highest BCUT2D eigenvalue weighted by Crippen LogP contribution is 2.56. The van der Waals surface area contributed by atoms with Crippen molar-refractivity contribution in [1.29, 1.82) is 0 Å². The summed E-state index contributed by atoms with van der Waals surface area (Å²) < 4.78 is 0. The Balaban J connectivity index is 1.74. The van der Waals surface area contributed by atoms with Gasteiger partial charge in [0.1, 0.15) is 0 Å². The Kier molecular flexibility index (Phi) is 3.23. The molecule has 96 valence electrons. The van der Waals surface area contributed by atoms with Crippen LogP contribution in [0.1, 0.15) is 54.9 Å². The number of Topliss-reactive ketones (excluding diaryl/α,β-unsaturated/α-hetero) is 1. The average Bonchev–Trinajstić information content (AvgIpc) is 3.13. The van der Waals surface area contributed by atoms with Crippen LogP contribution in [-0.2, 0) is 6.42 Å². The van der Waals surface area contributed by atoms with Gasteiger partial charge in [-0.15, -0.1) is 0 Å². The fourth-order valence-electron chi connectivity index (χ4n) is 3.74. The van der Waals surface area contributed by atoms with Gasteiger partial charge in [0.15, 0.2) is 5.78 Å². The van der Waals surface area contributed by atoms with E-state index in [0.29, 0.717) is 11.7 Å². The van der Waals surface area contributed by atoms with Crippen LogP contribution in [0.15, 0.2) is 24.3 Å². The second-order valence-corrected chi connectivity index (χ2v) is 5.95. The van der Waals surface area contributed by atoms with E-state index in [-0.39, 0.29) is 0 Å². The fraction of sp³-hybridized carbons (Fsp3) is 0.588. The van der Waals surface area contributed by atoms with Gasteiger partial charge in [0.25, 0.3) is 0 Å². The standard InChI is InChI=1S/C17H22O/c1-2-6-12-7-5-8-13(11-12)17(18)16-14-9-3-4-10-15(14)16/h5,7-8,11,14-16H,2-4,6,9-10H2,1H3. The molecule has 2 atom stereocenters. The SMILES string of the molecule is CCCc1cccc(C(=O)C2C3CCCCC32)c1. The van der Waals surface area contributed by atoms with E-state index in [4.69, 9.17) is 0 Å². The van der Waals surface area contributed by atoms with Gasteiger partial charge in [-0.25, -0.2) is 0 Å². The third-order valence-electron chi connectivity index (χ3n) is 4.71. The highest BCUT2D eigenvalue weighted by Gasteiger charge is 2.54. The zero-order valence-electron chi connectivity index (χ0n) is 11.2. The second kappa shape index (κ2) is 4.87. The molecule has 0 saturated heterocycles. The molecule has 2 unspecified atom stereocenters. The van der Waals surface area contributed by atoms with Crippen LogP contribution in [0.3, 0.4) is 0 Å². The maximum Gasteiger partial charge on any atom is 0.166 e. The fourth-order valence-corrected chi connectivity index (χ4v) is 3.74. The minimum absolute atomic E-state index is 0.365. The molecule has 1 aromatic carbocycles. The summed E-state index contributed by atoms with van der Waals surface area (Å²) in [4.78, 5) is 12.5. The molecule has 3 rings (SSSR count). The molecule has 1 heteroatoms. The third kappa shape index (κ3) is 2.11. The highest BCUT2D eigenvalue weighted by molar-refractivity contribution is 6.00. The lowest BCUT2D eigenvalue weighted by Crippen LogP contribution is -2.04. The first-order valence-electron chi connectivity index (χ1n) is 7.44. The number of fused-ring (bicyclic) bond motifs is 1. The summed E-state index contributed by atoms with van der Waals surface area (Å²) in [5, 5.41) is 0. The van der Waals surface area contributed by atoms with Gasteiger partial charge in [0.2, 0.25) is 0 Å². The average molecular weight is 242 g/mol. The maximum absolute atomic E-state index is 12.5. The van der Waals surface area contributed by atoms with Crippen LogP contribution in [0, 0.1) is 17.8 Å². The van der Waals surface area contributed by atoms with Gasteiger partial charge < -0.3 is 0 Å². The summed E-state index contributed by atoms with van der Waals surface area (Å²) >= 11 is 0. The Morgan fingerprint density at radius 2 is 1.94 bits per heavy atom. The Morgan fingerprint density at radius 3 is 2.61 bits per heavy atom. The van der Waals surface area contributed by atoms with Gasteiger partial charge in [-0.3, -0.25) is 4.79 Å². The predicted octanol–water partition coefficient (Wildman–Crippen LogP) is 4.26. The van der Waals surface area contributed by atoms with Gasteiger partial charge in [-0.1, -0.05) is 44.4 Å². The molecule has 0 aliphatic heterocycles. The second-order valence-electron chi connectivity index (χ2n) is 5.95. The van der Waals surface area contributed by atoms with Crippen LogP contribution < -0.4 is 0 Å². The maximum atomic E-state index is 12.5. The lowest BCUT2D eigenvalue weighted by Gasteiger charge is -2.04. The van der Waals surface area contributed by atoms with Gasteiger partial charge in [0, 0.05) is 11.5 Å². The molecule has 0 bridgehead atoms. The van der Waals surface area contributed by atoms with Crippen LogP contribution in [0.2, 0.25) is 0 Å². The number of ketones is 1. The zero-order valence-corrected chi connectivity index (χ0v) is 11.2. The van der Waals surface area contributed by atoms with Crippen molar-refractivity contribution in [3.63, 3.8) is 0 Å². The molecule has 2 aliphatic rings. The molecule has 18 heavy (non-hydrogen) atoms. The van der Waals surface area contributed by atoms with Crippen molar-refractivity contribution in [2.45, 2.75) is 45.4 Å². The first-order chi connectivity index (χ1) is 8.81. The smallest absolute Gasteiger partial charge is 0.166 e. The third-order valence-corrected chi connectivity index (χ3v) is 4.71. The van der Waals surface area contributed by atoms with Crippen molar-refractivity contribution in [3.8, 4) is 0 Å². The van der Waals surface area contributed by atoms with Crippen molar-refractivity contribution in [3.05, 3.63) is 35.4 Å². The van der Waals surface area contributed by atoms with Crippen molar-refractivity contribution in [1.82, 2.24) is 0 Å². The van der Waals surface area contributed by atoms with E-state index < -0.39 is 0 Å². The van der Waals surface area contributed by atoms with E-state index in [2.05, 4.69) is 19.1 Å². The topological polar surface area (TPSA) is 17.1 Å². The van der Waals surface area contributed by atoms with Gasteiger partial charge in [-0.2, -0.15) is 0 Å². The molecule has 2 aliphatic carbocycles. The molecule has 1 nitrogen and oxygen atoms in total. The van der Waals surface area contributed by atoms with Crippen LogP contribution in [-0.4, -0.2) is 5.78 Å². The number of aryl methyl sites for hydroxylation is 1. The predicted molar refractivity (Wildman–Crippen MR) is 73.7 cm³/mol. The monoisotopic (exact) mass is 242 g/mol. The van der Waals surface area contributed by atoms with E-state index in [0.717, 1.165) is 30.2 Å². The Bertz CT molecular complexity index is 437. The van der Waals surface area contributed by atoms with E-state index in [9.17, 15) is 4.79 Å². The molecule has 0 spiro atoms. The minimum atomic E-state index is 0.365. The first kappa shape index (κ1) is 12.0. The van der Waals surface area contributed by atoms with E-state index in [1.165, 1.54) is 31.2 Å². The van der Waals surface area contributed by atoms with Crippen LogP contribution in [0.4, 0.5) is 0 Å². The minimum Gasteiger partial charge on any atom is -0.294 e. The van der Waals surface area contributed by atoms with Crippen molar-refractivity contribution >= 4 is 5.78 Å². The normalized spacial score (nSPS) is 29.7. The quantitative estimate of drug-likeness (QED) is 0.721. The van der Waals surface area contributed by atoms with Gasteiger partial charge >= 0.3 is 0 Å². The number of hydrogen-bond acceptors (Lipinski definition) is 1. The molecular formula is C17H22O. The summed E-state index contributed by atoms with van der Waals surface area (Å²) in [6.45, 7) is 2.18. The molecule has 0 amide bonds. The van der Waals surface area contributed by atoms with Crippen LogP contribution in [0.25, 0.3) is 0 Å². The van der Waals surface area contributed by atoms with Crippen LogP contribution in [0.5, 0.6) is 0 Å². The Labute approximate surface area is 110 Å². The van der Waals surface area contributed by atoms with Gasteiger partial charge in [-0.05, 0) is 42.7 Å². The first-order valence-corrected chi connectivity index (χ1v) is 7.44. The number of carbonyl (C=O) groups excluding carboxylic acids is 1. The number of carbonyl (C=O) groups is 1. The summed E-state index contributed by atoms with van der Waals surface area (Å²) in [7, 11) is 0. The summed E-state index contributed by atoms with van der Waals surface area (Å²) in [6, 6.07) is 8.31. The number of hydrogen-bond donors (Lipinski definition) is 0. The molecule has 0 radical (unpaired) electrons. The molecule has 1 aromatic rings. The van der Waals surface area contributed by atoms with Crippen molar-refractivity contribution in [2.24, 2.45) is 17.8 Å². The Morgan fingerprint density at radius 1 is 1.22 bits per heavy atom. The van der Waals surface area contributed by atoms with E-state index in [1.807, 2.05) is 12.1 Å². The zero-order chi connectivity index (χ0) is 12.5. The molecule has 2 saturated carbocycles. The van der Waals surface area contributed by atoms with E-state index >= 15 is 0 Å². The van der Waals surface area contributed by atoms with Crippen molar-refractivity contribution < 1.29 is 4.79 Å². The van der Waals surface area contributed by atoms with Crippen LogP contribution >= 0.6 is 0 Å². The lowest BCUT2D eigenvalue weighted by molar-refractivity contribution is 0.0956. The Hall–Kier alpha value is -1.11. The molecule has 0 aromatic heterocycles. The molecule has 0 heterocycles. The highest BCUT2D eigenvalue weighted by atomic mass is 16.1. The summed E-state index contributed by atoms with van der Waals surface area (Å²) in [5.41, 5.74) is 2.27. The number of benzene rings is 1. The molecule has 2 fully saturated rings. The summed E-state index contributed by atoms with van der Waals surface area (Å²) in [6.07, 6.45) is 7.47. The largest absolute Gasteiger partial charge is 0.294 e. The molecular weight excluding hydrogens is 220 g/mol. The van der Waals surface area contributed by atoms with Crippen molar-refractivity contribution in [2.75, 3.05) is 0 Å².